The molecule has 19 N–H and O–H groups in total. The van der Waals surface area contributed by atoms with Gasteiger partial charge >= 0.3 is 23.7 Å². The van der Waals surface area contributed by atoms with Crippen LogP contribution in [0, 0.1) is 40.4 Å². The predicted octanol–water partition coefficient (Wildman–Crippen LogP) is 12.4. The summed E-state index contributed by atoms with van der Waals surface area (Å²) in [6.07, 6.45) is 28.4. The number of carboxylic acid groups (broad SMARTS) is 1. The van der Waals surface area contributed by atoms with Gasteiger partial charge in [0.15, 0.2) is 6.73 Å². The highest BCUT2D eigenvalue weighted by molar-refractivity contribution is 8.01. The van der Waals surface area contributed by atoms with Crippen LogP contribution in [-0.2, 0) is 67.1 Å². The first-order chi connectivity index (χ1) is 68.8. The summed E-state index contributed by atoms with van der Waals surface area (Å²) in [6, 6.07) is 0.891. The second-order valence-electron chi connectivity index (χ2n) is 39.4. The minimum Gasteiger partial charge on any atom is -0.480 e. The third-order valence-corrected chi connectivity index (χ3v) is 36.7. The van der Waals surface area contributed by atoms with Gasteiger partial charge in [0.1, 0.15) is 19.6 Å². The van der Waals surface area contributed by atoms with E-state index >= 15 is 0 Å². The number of hydrogen-bond acceptors (Lipinski definition) is 26. The monoisotopic (exact) mass is 2250 g/mol. The first-order valence-electron chi connectivity index (χ1n) is 54.0. The standard InChI is InChI=1S/C11H21NOS.C10H20N2O2S.C10H19NO3S.C10H19NO2S.C10H21NOS.C9H17NO2S.3C8H17NOS.C8H15NO.C7H13NO2.C7H15NO/c1-3-4-8-14-9-10(2)12-7-5-6-11(12)13;1-3-4-5-15-7-8(2)10(14)12-6-9(11)13;1-3-4-5-15-7-8(2)10(14)11-6-9(12)13;1-3-4-7-14-8-10(2)9(13)11(10)5-6-12;1-5-6-7-13-8-10(2,3)9(12)11-4;1-3-4-5-13-6-9(2)8(12)10(9)7-11;3*1-3-4-5-11-6-7(2)8(9)10;1-3-7(2)9-6-4-5-8(9)10;1-3-7(2)6(10)8(7)4-5-9;1-5-7(2,3)6(9)8-4/h10H,3-9H2,1-2H3;8H,3-7H2,1-2H3,(H2,11,13)(H,12,14);8H,3-7H2,1-2H3,(H,11,14)(H,12,13);12H,3-8H2,1-2H3;5-8H2,1-4H3,(H,11,12);11H,3-7H2,1-2H3;3*7H,3-6H2,1-2H3,(H2,9,10);7H,3-6H2,1-2H3;9H,3-5H2,1-2H3;5H2,1-4H3,(H,8,9)/p+3. The maximum atomic E-state index is 11.4. The second kappa shape index (κ2) is 96.8. The van der Waals surface area contributed by atoms with Crippen molar-refractivity contribution in [1.29, 1.82) is 0 Å². The number of hydrogen-bond donors (Lipinski definition) is 15. The lowest BCUT2D eigenvalue weighted by Crippen LogP contribution is -2.99. The van der Waals surface area contributed by atoms with Crippen LogP contribution in [0.3, 0.4) is 0 Å². The molecule has 31 nitrogen and oxygen atoms in total. The summed E-state index contributed by atoms with van der Waals surface area (Å²) >= 11 is 16.5. The lowest BCUT2D eigenvalue weighted by Gasteiger charge is -2.23. The van der Waals surface area contributed by atoms with Crippen LogP contribution in [0.5, 0.6) is 0 Å². The van der Waals surface area contributed by atoms with Crippen LogP contribution in [0.2, 0.25) is 0 Å². The van der Waals surface area contributed by atoms with Crippen LogP contribution in [0.15, 0.2) is 0 Å². The molecule has 0 spiro atoms. The van der Waals surface area contributed by atoms with E-state index in [1.807, 2.05) is 189 Å². The Hall–Kier alpha value is -3.91. The zero-order chi connectivity index (χ0) is 113. The smallest absolute Gasteiger partial charge is 0.377 e. The van der Waals surface area contributed by atoms with Crippen LogP contribution >= 0.6 is 106 Å². The Morgan fingerprint density at radius 3 is 0.925 bits per heavy atom. The zero-order valence-corrected chi connectivity index (χ0v) is 104. The van der Waals surface area contributed by atoms with Crippen molar-refractivity contribution in [3.05, 3.63) is 0 Å². The fourth-order valence-corrected chi connectivity index (χ4v) is 23.5. The maximum Gasteiger partial charge on any atom is 0.377 e. The molecule has 40 heteroatoms. The SMILES string of the molecule is CCC(C)(C)C(=O)NC.CCC(C)N1CCCC1=O.CCC1(C)C(=O)[NH+]1CCO.CCCCSCC(C)(C)C(=O)NC.CCCCSCC(C)C(=O)NCC(=O)O.CCCCSCC(C)C(=O)NCC(N)=O.CCCCSCC(C)C(N)=O.CCCCSCC(C)C(N)=O.CCCCSCC(C)C(N)=O.CCCCSCC(C)N1CCCC1=O.CCCCSCC1(C)C(=O)[NH+]1CCO.CCCCSCC1(C)C(=O)[NH+]1CO. The van der Waals surface area contributed by atoms with Crippen molar-refractivity contribution < 1.29 is 102 Å². The molecule has 0 bridgehead atoms. The zero-order valence-electron chi connectivity index (χ0n) is 96.2. The van der Waals surface area contributed by atoms with E-state index in [1.165, 1.54) is 108 Å². The second-order valence-corrected chi connectivity index (χ2v) is 49.7. The minimum absolute atomic E-state index is 0.0249. The number of rotatable bonds is 66. The van der Waals surface area contributed by atoms with E-state index in [1.54, 1.807) is 37.6 Å². The van der Waals surface area contributed by atoms with Crippen molar-refractivity contribution in [2.75, 3.05) is 177 Å². The Bertz CT molecular complexity index is 3330. The number of aliphatic hydroxyl groups is 3. The highest BCUT2D eigenvalue weighted by atomic mass is 32.2. The molecule has 5 fully saturated rings. The Balaban J connectivity index is -0.000000290. The first kappa shape index (κ1) is 155. The Labute approximate surface area is 924 Å². The molecule has 13 amide bonds. The molecule has 13 unspecified atom stereocenters. The number of likely N-dealkylation sites (tertiary alicyclic amines) is 2. The molecule has 862 valence electrons. The molecule has 5 rings (SSSR count). The molecule has 146 heavy (non-hydrogen) atoms. The van der Waals surface area contributed by atoms with Gasteiger partial charge in [-0.1, -0.05) is 203 Å². The van der Waals surface area contributed by atoms with Gasteiger partial charge in [0.2, 0.25) is 75.7 Å². The van der Waals surface area contributed by atoms with Gasteiger partial charge in [-0.15, -0.1) is 0 Å². The van der Waals surface area contributed by atoms with Gasteiger partial charge in [-0.05, 0) is 149 Å². The fourth-order valence-electron chi connectivity index (χ4n) is 12.5. The molecular weight excluding hydrogens is 2030 g/mol. The predicted molar refractivity (Wildman–Crippen MR) is 628 cm³/mol. The Kier molecular flexibility index (Phi) is 103. The number of nitrogens with one attached hydrogen (secondary N) is 7. The normalized spacial score (nSPS) is 18.9. The van der Waals surface area contributed by atoms with E-state index in [0.717, 1.165) is 183 Å². The number of unbranched alkanes of at least 4 members (excludes halogenated alkanes) is 9. The lowest BCUT2D eigenvalue weighted by atomic mass is 9.89. The summed E-state index contributed by atoms with van der Waals surface area (Å²) in [5, 5.41) is 44.7. The summed E-state index contributed by atoms with van der Waals surface area (Å²) in [5.41, 5.74) is 19.1. The van der Waals surface area contributed by atoms with Gasteiger partial charge in [-0.3, -0.25) is 52.7 Å². The number of thioether (sulfide) groups is 9. The average molecular weight is 2250 g/mol. The number of primary amides is 4. The van der Waals surface area contributed by atoms with Crippen LogP contribution in [0.1, 0.15) is 341 Å². The summed E-state index contributed by atoms with van der Waals surface area (Å²) in [4.78, 5) is 160. The number of amides is 13. The topological polar surface area (TPSA) is 492 Å². The van der Waals surface area contributed by atoms with E-state index in [9.17, 15) is 67.1 Å². The van der Waals surface area contributed by atoms with Crippen molar-refractivity contribution in [1.82, 2.24) is 31.1 Å². The van der Waals surface area contributed by atoms with Gasteiger partial charge in [-0.2, -0.15) is 106 Å². The summed E-state index contributed by atoms with van der Waals surface area (Å²) in [5.74, 6) is 17.4. The molecule has 0 radical (unpaired) electrons. The summed E-state index contributed by atoms with van der Waals surface area (Å²) in [6.45, 7) is 55.9. The number of aliphatic carboxylic acids is 1. The Morgan fingerprint density at radius 1 is 0.390 bits per heavy atom. The third kappa shape index (κ3) is 79.1. The molecule has 5 heterocycles. The van der Waals surface area contributed by atoms with E-state index in [4.69, 9.17) is 43.4 Å². The molecule has 5 aliphatic rings. The average Bonchev–Trinajstić information content (AvgIpc) is 1.56. The number of quaternary nitrogens is 3. The number of carbonyl (C=O) groups is 14. The van der Waals surface area contributed by atoms with E-state index < -0.39 is 11.9 Å². The van der Waals surface area contributed by atoms with Crippen molar-refractivity contribution >= 4 is 189 Å². The molecule has 5 saturated heterocycles. The molecule has 13 atom stereocenters. The van der Waals surface area contributed by atoms with E-state index in [-0.39, 0.29) is 149 Å². The molecular formula is C106H214N13O18S9+3. The third-order valence-electron chi connectivity index (χ3n) is 24.6. The van der Waals surface area contributed by atoms with Crippen molar-refractivity contribution in [2.24, 2.45) is 63.4 Å². The van der Waals surface area contributed by atoms with Crippen LogP contribution in [0.25, 0.3) is 0 Å². The van der Waals surface area contributed by atoms with Crippen LogP contribution < -0.4 is 58.9 Å². The van der Waals surface area contributed by atoms with Crippen molar-refractivity contribution in [3.63, 3.8) is 0 Å². The molecule has 0 aromatic heterocycles. The minimum atomic E-state index is -1.01. The number of nitrogens with two attached hydrogens (primary N) is 4. The quantitative estimate of drug-likeness (QED) is 0.0199. The molecule has 0 aromatic rings. The lowest BCUT2D eigenvalue weighted by molar-refractivity contribution is -0.777. The molecule has 5 aliphatic heterocycles. The summed E-state index contributed by atoms with van der Waals surface area (Å²) in [7, 11) is 3.36. The van der Waals surface area contributed by atoms with Crippen molar-refractivity contribution in [2.45, 2.75) is 369 Å². The highest BCUT2D eigenvalue weighted by Crippen LogP contribution is 2.26. The summed E-state index contributed by atoms with van der Waals surface area (Å²) < 4.78 is 0. The van der Waals surface area contributed by atoms with E-state index in [0.29, 0.717) is 37.0 Å². The highest BCUT2D eigenvalue weighted by Gasteiger charge is 2.68. The number of aliphatic hydroxyl groups excluding tert-OH is 3. The Morgan fingerprint density at radius 2 is 0.671 bits per heavy atom. The van der Waals surface area contributed by atoms with E-state index in [2.05, 4.69) is 104 Å². The number of carboxylic acids is 1. The van der Waals surface area contributed by atoms with Gasteiger partial charge < -0.3 is 74.4 Å². The first-order valence-corrected chi connectivity index (χ1v) is 64.4. The fraction of sp³-hybridized carbons (Fsp3) is 0.868. The number of carbonyl (C=O) groups excluding carboxylic acids is 13. The molecule has 0 aliphatic carbocycles. The number of nitrogens with zero attached hydrogens (tertiary/aromatic N) is 2. The van der Waals surface area contributed by atoms with Crippen molar-refractivity contribution in [3.8, 4) is 0 Å². The van der Waals surface area contributed by atoms with Crippen LogP contribution in [-0.4, -0.2) is 319 Å². The van der Waals surface area contributed by atoms with Gasteiger partial charge in [0.05, 0.1) is 36.7 Å². The van der Waals surface area contributed by atoms with Gasteiger partial charge in [-0.25, -0.2) is 29.1 Å². The van der Waals surface area contributed by atoms with Gasteiger partial charge in [0.25, 0.3) is 0 Å². The maximum absolute atomic E-state index is 11.4. The van der Waals surface area contributed by atoms with Gasteiger partial charge in [0, 0.05) is 155 Å². The van der Waals surface area contributed by atoms with Crippen LogP contribution in [0.4, 0.5) is 0 Å². The largest absolute Gasteiger partial charge is 0.480 e. The molecule has 0 aromatic carbocycles. The molecule has 0 saturated carbocycles.